The first-order valence-corrected chi connectivity index (χ1v) is 4.27. The van der Waals surface area contributed by atoms with Gasteiger partial charge in [0.05, 0.1) is 12.1 Å². The summed E-state index contributed by atoms with van der Waals surface area (Å²) in [5, 5.41) is 14.8. The summed E-state index contributed by atoms with van der Waals surface area (Å²) in [5.41, 5.74) is 1.32. The van der Waals surface area contributed by atoms with Gasteiger partial charge < -0.3 is 10.4 Å². The van der Waals surface area contributed by atoms with Crippen LogP contribution in [0.4, 0.5) is 0 Å². The van der Waals surface area contributed by atoms with Gasteiger partial charge in [0, 0.05) is 4.88 Å². The minimum atomic E-state index is -0.222. The average Bonchev–Trinajstić information content (AvgIpc) is 2.48. The van der Waals surface area contributed by atoms with E-state index < -0.39 is 0 Å². The van der Waals surface area contributed by atoms with Crippen molar-refractivity contribution in [3.05, 3.63) is 21.9 Å². The van der Waals surface area contributed by atoms with Crippen LogP contribution in [-0.4, -0.2) is 11.1 Å². The van der Waals surface area contributed by atoms with E-state index in [0.29, 0.717) is 12.1 Å². The Morgan fingerprint density at radius 3 is 3.30 bits per heavy atom. The molecule has 0 aromatic carbocycles. The number of thiophene rings is 1. The molecule has 2 heterocycles. The lowest BCUT2D eigenvalue weighted by atomic mass is 10.3. The molecule has 2 aliphatic rings. The summed E-state index contributed by atoms with van der Waals surface area (Å²) >= 11 is 1.66. The molecule has 0 amide bonds. The van der Waals surface area contributed by atoms with Crippen molar-refractivity contribution in [2.45, 2.75) is 18.2 Å². The zero-order chi connectivity index (χ0) is 6.72. The average molecular weight is 153 g/mol. The van der Waals surface area contributed by atoms with Crippen LogP contribution in [0, 0.1) is 0 Å². The van der Waals surface area contributed by atoms with Gasteiger partial charge in [-0.1, -0.05) is 0 Å². The molecule has 0 bridgehead atoms. The van der Waals surface area contributed by atoms with Gasteiger partial charge in [0.15, 0.2) is 0 Å². The first-order chi connectivity index (χ1) is 4.88. The van der Waals surface area contributed by atoms with E-state index >= 15 is 0 Å². The first kappa shape index (κ1) is 5.29. The molecule has 3 unspecified atom stereocenters. The Balaban J connectivity index is 2.23. The van der Waals surface area contributed by atoms with E-state index in [4.69, 9.17) is 0 Å². The molecule has 0 saturated carbocycles. The molecule has 10 heavy (non-hydrogen) atoms. The zero-order valence-electron chi connectivity index (χ0n) is 5.24. The molecule has 3 heteroatoms. The molecule has 0 radical (unpaired) electrons. The van der Waals surface area contributed by atoms with Crippen LogP contribution < -0.4 is 5.32 Å². The first-order valence-electron chi connectivity index (χ1n) is 3.39. The fraction of sp³-hybridized carbons (Fsp3) is 0.429. The van der Waals surface area contributed by atoms with Crippen LogP contribution >= 0.6 is 11.3 Å². The zero-order valence-corrected chi connectivity index (χ0v) is 6.06. The van der Waals surface area contributed by atoms with Crippen molar-refractivity contribution in [1.29, 1.82) is 0 Å². The Kier molecular flexibility index (Phi) is 0.764. The standard InChI is InChI=1S/C7H7NOS/c9-6-5-4(8-5)3-1-2-10-7(3)6/h1-2,4-6,8-9H. The van der Waals surface area contributed by atoms with Crippen LogP contribution in [0.1, 0.15) is 22.6 Å². The maximum absolute atomic E-state index is 9.53. The number of aliphatic hydroxyl groups is 1. The van der Waals surface area contributed by atoms with Crippen molar-refractivity contribution in [3.63, 3.8) is 0 Å². The number of nitrogens with one attached hydrogen (secondary N) is 1. The smallest absolute Gasteiger partial charge is 0.106 e. The SMILES string of the molecule is OC1c2sccc2C2NC12. The molecule has 1 aliphatic heterocycles. The summed E-state index contributed by atoms with van der Waals surface area (Å²) in [4.78, 5) is 1.17. The molecular weight excluding hydrogens is 146 g/mol. The third-order valence-electron chi connectivity index (χ3n) is 2.29. The Labute approximate surface area is 62.5 Å². The van der Waals surface area contributed by atoms with Crippen molar-refractivity contribution in [2.75, 3.05) is 0 Å². The number of rotatable bonds is 0. The summed E-state index contributed by atoms with van der Waals surface area (Å²) in [7, 11) is 0. The number of fused-ring (bicyclic) bond motifs is 3. The van der Waals surface area contributed by atoms with Crippen molar-refractivity contribution in [3.8, 4) is 0 Å². The lowest BCUT2D eigenvalue weighted by molar-refractivity contribution is 0.184. The largest absolute Gasteiger partial charge is 0.386 e. The van der Waals surface area contributed by atoms with Crippen molar-refractivity contribution >= 4 is 11.3 Å². The van der Waals surface area contributed by atoms with E-state index in [1.54, 1.807) is 11.3 Å². The molecule has 1 aromatic rings. The molecule has 52 valence electrons. The van der Waals surface area contributed by atoms with E-state index in [1.807, 2.05) is 5.38 Å². The Morgan fingerprint density at radius 1 is 1.60 bits per heavy atom. The molecule has 2 nitrogen and oxygen atoms in total. The molecular formula is C7H7NOS. The van der Waals surface area contributed by atoms with Gasteiger partial charge in [0.1, 0.15) is 6.10 Å². The van der Waals surface area contributed by atoms with Crippen LogP contribution in [0.2, 0.25) is 0 Å². The van der Waals surface area contributed by atoms with E-state index in [-0.39, 0.29) is 6.10 Å². The minimum absolute atomic E-state index is 0.222. The van der Waals surface area contributed by atoms with Gasteiger partial charge in [0.2, 0.25) is 0 Å². The second kappa shape index (κ2) is 1.44. The highest BCUT2D eigenvalue weighted by molar-refractivity contribution is 7.10. The predicted molar refractivity (Wildman–Crippen MR) is 38.9 cm³/mol. The number of hydrogen-bond donors (Lipinski definition) is 2. The maximum atomic E-state index is 9.53. The Hall–Kier alpha value is -0.380. The summed E-state index contributed by atoms with van der Waals surface area (Å²) < 4.78 is 0. The van der Waals surface area contributed by atoms with Gasteiger partial charge in [-0.15, -0.1) is 11.3 Å². The number of aliphatic hydroxyl groups excluding tert-OH is 1. The van der Waals surface area contributed by atoms with Crippen LogP contribution in [0.15, 0.2) is 11.4 Å². The van der Waals surface area contributed by atoms with Crippen LogP contribution in [0.25, 0.3) is 0 Å². The molecule has 1 saturated heterocycles. The molecule has 1 fully saturated rings. The lowest BCUT2D eigenvalue weighted by Gasteiger charge is -2.00. The van der Waals surface area contributed by atoms with Gasteiger partial charge in [-0.05, 0) is 17.0 Å². The minimum Gasteiger partial charge on any atom is -0.386 e. The highest BCUT2D eigenvalue weighted by atomic mass is 32.1. The predicted octanol–water partition coefficient (Wildman–Crippen LogP) is 0.808. The topological polar surface area (TPSA) is 42.2 Å². The van der Waals surface area contributed by atoms with E-state index in [1.165, 1.54) is 10.4 Å². The van der Waals surface area contributed by atoms with Crippen molar-refractivity contribution < 1.29 is 5.11 Å². The molecule has 0 spiro atoms. The second-order valence-electron chi connectivity index (χ2n) is 2.86. The van der Waals surface area contributed by atoms with Gasteiger partial charge in [-0.25, -0.2) is 0 Å². The quantitative estimate of drug-likeness (QED) is 0.541. The van der Waals surface area contributed by atoms with Crippen molar-refractivity contribution in [2.24, 2.45) is 0 Å². The summed E-state index contributed by atoms with van der Waals surface area (Å²) in [5.74, 6) is 0. The molecule has 2 N–H and O–H groups in total. The van der Waals surface area contributed by atoms with Crippen LogP contribution in [0.5, 0.6) is 0 Å². The third-order valence-corrected chi connectivity index (χ3v) is 3.30. The fourth-order valence-corrected chi connectivity index (χ4v) is 2.68. The lowest BCUT2D eigenvalue weighted by Crippen LogP contribution is -2.03. The highest BCUT2D eigenvalue weighted by Gasteiger charge is 2.51. The van der Waals surface area contributed by atoms with Crippen molar-refractivity contribution in [1.82, 2.24) is 5.32 Å². The molecule has 1 aromatic heterocycles. The van der Waals surface area contributed by atoms with E-state index in [0.717, 1.165) is 0 Å². The Bertz CT molecular complexity index is 272. The van der Waals surface area contributed by atoms with E-state index in [9.17, 15) is 5.11 Å². The van der Waals surface area contributed by atoms with Gasteiger partial charge in [-0.2, -0.15) is 0 Å². The van der Waals surface area contributed by atoms with Crippen LogP contribution in [-0.2, 0) is 0 Å². The highest BCUT2D eigenvalue weighted by Crippen LogP contribution is 2.50. The number of hydrogen-bond acceptors (Lipinski definition) is 3. The van der Waals surface area contributed by atoms with Gasteiger partial charge in [-0.3, -0.25) is 0 Å². The fourth-order valence-electron chi connectivity index (χ4n) is 1.70. The van der Waals surface area contributed by atoms with E-state index in [2.05, 4.69) is 11.4 Å². The second-order valence-corrected chi connectivity index (χ2v) is 3.80. The molecule has 3 atom stereocenters. The van der Waals surface area contributed by atoms with Gasteiger partial charge in [0.25, 0.3) is 0 Å². The summed E-state index contributed by atoms with van der Waals surface area (Å²) in [6.45, 7) is 0. The Morgan fingerprint density at radius 2 is 2.50 bits per heavy atom. The normalized spacial score (nSPS) is 41.1. The van der Waals surface area contributed by atoms with Gasteiger partial charge >= 0.3 is 0 Å². The third kappa shape index (κ3) is 0.438. The summed E-state index contributed by atoms with van der Waals surface area (Å²) in [6, 6.07) is 2.94. The van der Waals surface area contributed by atoms with Crippen LogP contribution in [0.3, 0.4) is 0 Å². The summed E-state index contributed by atoms with van der Waals surface area (Å²) in [6.07, 6.45) is -0.222. The monoisotopic (exact) mass is 153 g/mol. The molecule has 1 aliphatic carbocycles. The maximum Gasteiger partial charge on any atom is 0.106 e. The molecule has 3 rings (SSSR count).